The van der Waals surface area contributed by atoms with Gasteiger partial charge in [0.1, 0.15) is 11.6 Å². The van der Waals surface area contributed by atoms with Crippen LogP contribution in [0.2, 0.25) is 0 Å². The lowest BCUT2D eigenvalue weighted by atomic mass is 9.84. The molecular weight excluding hydrogens is 285 g/mol. The molecule has 1 aromatic heterocycles. The fraction of sp³-hybridized carbons (Fsp3) is 0.375. The maximum Gasteiger partial charge on any atom is 0.226 e. The molecule has 1 amide bonds. The number of anilines is 1. The van der Waals surface area contributed by atoms with Crippen LogP contribution < -0.4 is 10.1 Å². The standard InChI is InChI=1S/C16H18FN3O2/c1-3-4-13-15-11(8-14(21)18-16(15)20-19-13)10-7-9(22-2)5-6-12(10)17/h5-7,11H,3-4,8H2,1-2H3,(H2,18,19,20,21)/t11-/m0/s1. The molecule has 6 heteroatoms. The lowest BCUT2D eigenvalue weighted by molar-refractivity contribution is -0.116. The number of fused-ring (bicyclic) bond motifs is 1. The quantitative estimate of drug-likeness (QED) is 0.912. The summed E-state index contributed by atoms with van der Waals surface area (Å²) in [5.74, 6) is 0.236. The van der Waals surface area contributed by atoms with Crippen LogP contribution in [0.15, 0.2) is 18.2 Å². The van der Waals surface area contributed by atoms with Gasteiger partial charge in [-0.25, -0.2) is 4.39 Å². The number of aryl methyl sites for hydroxylation is 1. The molecule has 2 heterocycles. The average molecular weight is 303 g/mol. The summed E-state index contributed by atoms with van der Waals surface area (Å²) in [5.41, 5.74) is 2.30. The molecule has 0 radical (unpaired) electrons. The van der Waals surface area contributed by atoms with Crippen molar-refractivity contribution in [1.29, 1.82) is 0 Å². The van der Waals surface area contributed by atoms with E-state index in [0.29, 0.717) is 17.1 Å². The molecule has 5 nitrogen and oxygen atoms in total. The van der Waals surface area contributed by atoms with E-state index in [4.69, 9.17) is 4.74 Å². The van der Waals surface area contributed by atoms with Gasteiger partial charge in [0.05, 0.1) is 7.11 Å². The van der Waals surface area contributed by atoms with Gasteiger partial charge in [-0.05, 0) is 30.2 Å². The Morgan fingerprint density at radius 3 is 3.00 bits per heavy atom. The Morgan fingerprint density at radius 2 is 2.27 bits per heavy atom. The first-order valence-electron chi connectivity index (χ1n) is 7.34. The number of benzene rings is 1. The number of hydrogen-bond donors (Lipinski definition) is 2. The summed E-state index contributed by atoms with van der Waals surface area (Å²) in [6, 6.07) is 4.61. The smallest absolute Gasteiger partial charge is 0.226 e. The molecule has 1 atom stereocenters. The summed E-state index contributed by atoms with van der Waals surface area (Å²) in [4.78, 5) is 11.9. The first-order chi connectivity index (χ1) is 10.6. The minimum Gasteiger partial charge on any atom is -0.497 e. The molecule has 0 unspecified atom stereocenters. The van der Waals surface area contributed by atoms with E-state index in [9.17, 15) is 9.18 Å². The van der Waals surface area contributed by atoms with Crippen molar-refractivity contribution in [3.05, 3.63) is 40.8 Å². The average Bonchev–Trinajstić information content (AvgIpc) is 2.90. The van der Waals surface area contributed by atoms with Gasteiger partial charge >= 0.3 is 0 Å². The third-order valence-corrected chi connectivity index (χ3v) is 3.96. The number of aromatic nitrogens is 2. The van der Waals surface area contributed by atoms with Crippen LogP contribution >= 0.6 is 0 Å². The van der Waals surface area contributed by atoms with Gasteiger partial charge in [-0.3, -0.25) is 9.89 Å². The van der Waals surface area contributed by atoms with Crippen molar-refractivity contribution in [3.8, 4) is 5.75 Å². The van der Waals surface area contributed by atoms with Crippen LogP contribution in [-0.4, -0.2) is 23.2 Å². The number of methoxy groups -OCH3 is 1. The molecule has 2 aromatic rings. The topological polar surface area (TPSA) is 67.0 Å². The molecule has 0 bridgehead atoms. The number of carbonyl (C=O) groups excluding carboxylic acids is 1. The van der Waals surface area contributed by atoms with E-state index in [1.807, 2.05) is 0 Å². The highest BCUT2D eigenvalue weighted by molar-refractivity contribution is 5.94. The molecule has 0 saturated carbocycles. The molecule has 3 rings (SSSR count). The maximum absolute atomic E-state index is 14.3. The first-order valence-corrected chi connectivity index (χ1v) is 7.34. The predicted octanol–water partition coefficient (Wildman–Crippen LogP) is 2.98. The summed E-state index contributed by atoms with van der Waals surface area (Å²) in [7, 11) is 1.54. The monoisotopic (exact) mass is 303 g/mol. The number of nitrogens with one attached hydrogen (secondary N) is 2. The van der Waals surface area contributed by atoms with Crippen LogP contribution in [0.3, 0.4) is 0 Å². The number of aromatic amines is 1. The fourth-order valence-corrected chi connectivity index (χ4v) is 2.95. The lowest BCUT2D eigenvalue weighted by Crippen LogP contribution is -2.24. The van der Waals surface area contributed by atoms with Gasteiger partial charge in [0, 0.05) is 23.6 Å². The van der Waals surface area contributed by atoms with Gasteiger partial charge in [0.25, 0.3) is 0 Å². The molecular formula is C16H18FN3O2. The van der Waals surface area contributed by atoms with Crippen LogP contribution in [0.5, 0.6) is 5.75 Å². The van der Waals surface area contributed by atoms with Crippen molar-refractivity contribution in [2.45, 2.75) is 32.1 Å². The molecule has 0 saturated heterocycles. The second-order valence-electron chi connectivity index (χ2n) is 5.41. The van der Waals surface area contributed by atoms with Crippen LogP contribution in [0.4, 0.5) is 10.2 Å². The van der Waals surface area contributed by atoms with Crippen molar-refractivity contribution < 1.29 is 13.9 Å². The van der Waals surface area contributed by atoms with Crippen LogP contribution in [0.25, 0.3) is 0 Å². The molecule has 1 aliphatic heterocycles. The summed E-state index contributed by atoms with van der Waals surface area (Å²) in [6.45, 7) is 2.07. The largest absolute Gasteiger partial charge is 0.497 e. The molecule has 1 aromatic carbocycles. The van der Waals surface area contributed by atoms with Gasteiger partial charge in [-0.15, -0.1) is 0 Å². The Labute approximate surface area is 127 Å². The molecule has 116 valence electrons. The van der Waals surface area contributed by atoms with Crippen molar-refractivity contribution in [3.63, 3.8) is 0 Å². The Morgan fingerprint density at radius 1 is 1.45 bits per heavy atom. The molecule has 1 aliphatic rings. The number of hydrogen-bond acceptors (Lipinski definition) is 3. The second-order valence-corrected chi connectivity index (χ2v) is 5.41. The highest BCUT2D eigenvalue weighted by Gasteiger charge is 2.33. The summed E-state index contributed by atoms with van der Waals surface area (Å²) in [5, 5.41) is 9.88. The van der Waals surface area contributed by atoms with Crippen LogP contribution in [0, 0.1) is 5.82 Å². The van der Waals surface area contributed by atoms with Gasteiger partial charge in [-0.2, -0.15) is 5.10 Å². The zero-order valence-electron chi connectivity index (χ0n) is 12.6. The van der Waals surface area contributed by atoms with E-state index >= 15 is 0 Å². The van der Waals surface area contributed by atoms with Crippen molar-refractivity contribution in [2.24, 2.45) is 0 Å². The normalized spacial score (nSPS) is 17.0. The van der Waals surface area contributed by atoms with Crippen molar-refractivity contribution >= 4 is 11.7 Å². The Balaban J connectivity index is 2.12. The first kappa shape index (κ1) is 14.6. The highest BCUT2D eigenvalue weighted by Crippen LogP contribution is 2.40. The van der Waals surface area contributed by atoms with E-state index in [1.54, 1.807) is 12.1 Å². The van der Waals surface area contributed by atoms with Crippen molar-refractivity contribution in [2.75, 3.05) is 12.4 Å². The fourth-order valence-electron chi connectivity index (χ4n) is 2.95. The Bertz CT molecular complexity index is 711. The zero-order valence-corrected chi connectivity index (χ0v) is 12.6. The number of nitrogens with zero attached hydrogens (tertiary/aromatic N) is 1. The van der Waals surface area contributed by atoms with E-state index in [0.717, 1.165) is 24.1 Å². The molecule has 2 N–H and O–H groups in total. The predicted molar refractivity (Wildman–Crippen MR) is 80.6 cm³/mol. The molecule has 0 aliphatic carbocycles. The molecule has 0 spiro atoms. The molecule has 0 fully saturated rings. The summed E-state index contributed by atoms with van der Waals surface area (Å²) >= 11 is 0. The van der Waals surface area contributed by atoms with Crippen molar-refractivity contribution in [1.82, 2.24) is 10.2 Å². The number of ether oxygens (including phenoxy) is 1. The van der Waals surface area contributed by atoms with Gasteiger partial charge in [-0.1, -0.05) is 13.3 Å². The highest BCUT2D eigenvalue weighted by atomic mass is 19.1. The van der Waals surface area contributed by atoms with E-state index in [-0.39, 0.29) is 24.1 Å². The maximum atomic E-state index is 14.3. The zero-order chi connectivity index (χ0) is 15.7. The minimum atomic E-state index is -0.348. The van der Waals surface area contributed by atoms with E-state index in [2.05, 4.69) is 22.4 Å². The number of halogens is 1. The van der Waals surface area contributed by atoms with Gasteiger partial charge < -0.3 is 10.1 Å². The third kappa shape index (κ3) is 2.45. The van der Waals surface area contributed by atoms with Gasteiger partial charge in [0.2, 0.25) is 5.91 Å². The molecule has 22 heavy (non-hydrogen) atoms. The van der Waals surface area contributed by atoms with E-state index in [1.165, 1.54) is 13.2 Å². The number of rotatable bonds is 4. The van der Waals surface area contributed by atoms with Gasteiger partial charge in [0.15, 0.2) is 5.82 Å². The number of amides is 1. The third-order valence-electron chi connectivity index (χ3n) is 3.96. The SMILES string of the molecule is CCCc1[nH]nc2c1[C@H](c1cc(OC)ccc1F)CC(=O)N2. The van der Waals surface area contributed by atoms with E-state index < -0.39 is 0 Å². The number of carbonyl (C=O) groups is 1. The second kappa shape index (κ2) is 5.79. The lowest BCUT2D eigenvalue weighted by Gasteiger charge is -2.24. The number of H-pyrrole nitrogens is 1. The van der Waals surface area contributed by atoms with Crippen LogP contribution in [-0.2, 0) is 11.2 Å². The summed E-state index contributed by atoms with van der Waals surface area (Å²) < 4.78 is 19.5. The summed E-state index contributed by atoms with van der Waals surface area (Å²) in [6.07, 6.45) is 1.95. The minimum absolute atomic E-state index is 0.158. The van der Waals surface area contributed by atoms with Crippen LogP contribution in [0.1, 0.15) is 42.5 Å². The Kier molecular flexibility index (Phi) is 3.83. The Hall–Kier alpha value is -2.37.